The third-order valence-electron chi connectivity index (χ3n) is 3.45. The van der Waals surface area contributed by atoms with Crippen molar-refractivity contribution in [2.75, 3.05) is 0 Å². The molecule has 0 atom stereocenters. The van der Waals surface area contributed by atoms with Gasteiger partial charge in [0.15, 0.2) is 0 Å². The lowest BCUT2D eigenvalue weighted by Crippen LogP contribution is -2.12. The van der Waals surface area contributed by atoms with Crippen molar-refractivity contribution >= 4 is 11.9 Å². The molecule has 0 aromatic heterocycles. The summed E-state index contributed by atoms with van der Waals surface area (Å²) in [7, 11) is 0. The number of carbonyl (C=O) groups is 2. The molecule has 0 N–H and O–H groups in total. The highest BCUT2D eigenvalue weighted by Crippen LogP contribution is 2.29. The first-order valence-electron chi connectivity index (χ1n) is 6.51. The summed E-state index contributed by atoms with van der Waals surface area (Å²) in [5.41, 5.74) is 2.30. The summed E-state index contributed by atoms with van der Waals surface area (Å²) >= 11 is 0. The van der Waals surface area contributed by atoms with Crippen molar-refractivity contribution in [1.82, 2.24) is 0 Å². The van der Waals surface area contributed by atoms with Crippen LogP contribution < -0.4 is 4.74 Å². The number of ether oxygens (including phenoxy) is 1. The van der Waals surface area contributed by atoms with E-state index in [1.165, 1.54) is 6.07 Å². The van der Waals surface area contributed by atoms with Crippen molar-refractivity contribution in [2.24, 2.45) is 0 Å². The molecule has 0 aliphatic carbocycles. The van der Waals surface area contributed by atoms with Gasteiger partial charge in [0.25, 0.3) is 0 Å². The highest BCUT2D eigenvalue weighted by atomic mass is 16.5. The summed E-state index contributed by atoms with van der Waals surface area (Å²) in [4.78, 5) is 23.2. The molecule has 4 nitrogen and oxygen atoms in total. The van der Waals surface area contributed by atoms with E-state index in [1.54, 1.807) is 45.0 Å². The highest BCUT2D eigenvalue weighted by molar-refractivity contribution is 5.93. The summed E-state index contributed by atoms with van der Waals surface area (Å²) in [6, 6.07) is 10.1. The molecule has 0 amide bonds. The van der Waals surface area contributed by atoms with Crippen LogP contribution in [0.4, 0.5) is 0 Å². The normalized spacial score (nSPS) is 10.2. The smallest absolute Gasteiger partial charge is 0.386 e. The number of esters is 1. The first-order valence-corrected chi connectivity index (χ1v) is 6.51. The lowest BCUT2D eigenvalue weighted by Gasteiger charge is -2.14. The van der Waals surface area contributed by atoms with Gasteiger partial charge in [-0.2, -0.15) is 0 Å². The molecule has 2 rings (SSSR count). The molecule has 0 heterocycles. The van der Waals surface area contributed by atoms with Gasteiger partial charge in [-0.05, 0) is 55.7 Å². The van der Waals surface area contributed by atoms with Gasteiger partial charge in [-0.1, -0.05) is 18.2 Å². The maximum atomic E-state index is 12.1. The summed E-state index contributed by atoms with van der Waals surface area (Å²) < 4.78 is 5.43. The zero-order chi connectivity index (χ0) is 15.6. The predicted octanol–water partition coefficient (Wildman–Crippen LogP) is 3.40. The van der Waals surface area contributed by atoms with E-state index in [1.807, 2.05) is 6.07 Å². The van der Waals surface area contributed by atoms with Crippen LogP contribution in [0.15, 0.2) is 36.4 Å². The van der Waals surface area contributed by atoms with Crippen LogP contribution in [-0.2, 0) is 5.11 Å². The number of aryl methyl sites for hydroxylation is 1. The second-order valence-electron chi connectivity index (χ2n) is 4.86. The van der Waals surface area contributed by atoms with Gasteiger partial charge in [-0.25, -0.2) is 14.7 Å². The second kappa shape index (κ2) is 5.79. The summed E-state index contributed by atoms with van der Waals surface area (Å²) in [5.74, 6) is -1.31. The van der Waals surface area contributed by atoms with Gasteiger partial charge in [-0.3, -0.25) is 0 Å². The van der Waals surface area contributed by atoms with Crippen molar-refractivity contribution in [3.05, 3.63) is 64.2 Å². The number of hydrogen-bond donors (Lipinski definition) is 0. The summed E-state index contributed by atoms with van der Waals surface area (Å²) in [5, 5.41) is 11.1. The van der Waals surface area contributed by atoms with Gasteiger partial charge in [0.05, 0.1) is 11.1 Å². The molecule has 4 heteroatoms. The zero-order valence-electron chi connectivity index (χ0n) is 12.1. The third kappa shape index (κ3) is 2.94. The average molecular weight is 283 g/mol. The molecule has 0 spiro atoms. The fourth-order valence-corrected chi connectivity index (χ4v) is 2.15. The standard InChI is InChI=1S/C17H15O4/c1-10-9-14(16(18)19)11(2)12(3)15(10)21-17(20)13-7-5-4-6-8-13/h4-9H,1-3H3. The fourth-order valence-electron chi connectivity index (χ4n) is 2.15. The first-order chi connectivity index (χ1) is 9.91. The van der Waals surface area contributed by atoms with E-state index in [9.17, 15) is 14.7 Å². The van der Waals surface area contributed by atoms with E-state index in [4.69, 9.17) is 4.74 Å². The molecular formula is C17H15O4. The Morgan fingerprint density at radius 2 is 1.57 bits per heavy atom. The number of carbonyl (C=O) groups excluding carboxylic acids is 2. The van der Waals surface area contributed by atoms with Gasteiger partial charge in [0.2, 0.25) is 0 Å². The maximum Gasteiger partial charge on any atom is 0.386 e. The van der Waals surface area contributed by atoms with Crippen molar-refractivity contribution < 1.29 is 19.4 Å². The zero-order valence-corrected chi connectivity index (χ0v) is 12.1. The van der Waals surface area contributed by atoms with E-state index < -0.39 is 11.9 Å². The summed E-state index contributed by atoms with van der Waals surface area (Å²) in [6.45, 7) is 5.09. The Balaban J connectivity index is 2.40. The molecule has 0 bridgehead atoms. The molecule has 0 unspecified atom stereocenters. The van der Waals surface area contributed by atoms with Crippen LogP contribution in [0, 0.1) is 20.8 Å². The molecule has 0 saturated carbocycles. The van der Waals surface area contributed by atoms with Crippen LogP contribution in [0.1, 0.15) is 37.4 Å². The molecule has 0 fully saturated rings. The average Bonchev–Trinajstić information content (AvgIpc) is 2.47. The van der Waals surface area contributed by atoms with Gasteiger partial charge in [-0.15, -0.1) is 0 Å². The minimum atomic E-state index is -1.24. The van der Waals surface area contributed by atoms with Gasteiger partial charge >= 0.3 is 11.9 Å². The van der Waals surface area contributed by atoms with E-state index in [0.29, 0.717) is 28.0 Å². The molecule has 0 aliphatic rings. The van der Waals surface area contributed by atoms with Crippen molar-refractivity contribution in [1.29, 1.82) is 0 Å². The largest absolute Gasteiger partial charge is 0.422 e. The monoisotopic (exact) mass is 283 g/mol. The minimum Gasteiger partial charge on any atom is -0.422 e. The lowest BCUT2D eigenvalue weighted by atomic mass is 9.98. The first kappa shape index (κ1) is 14.8. The second-order valence-corrected chi connectivity index (χ2v) is 4.86. The summed E-state index contributed by atoms with van der Waals surface area (Å²) in [6.07, 6.45) is 0. The molecule has 107 valence electrons. The van der Waals surface area contributed by atoms with Crippen LogP contribution in [0.2, 0.25) is 0 Å². The molecule has 0 saturated heterocycles. The van der Waals surface area contributed by atoms with Crippen LogP contribution in [0.25, 0.3) is 0 Å². The van der Waals surface area contributed by atoms with Crippen LogP contribution >= 0.6 is 0 Å². The molecule has 2 aromatic carbocycles. The Kier molecular flexibility index (Phi) is 4.08. The SMILES string of the molecule is Cc1cc(C([O])=O)c(C)c(C)c1OC(=O)c1ccccc1. The molecule has 21 heavy (non-hydrogen) atoms. The highest BCUT2D eigenvalue weighted by Gasteiger charge is 2.19. The molecular weight excluding hydrogens is 268 g/mol. The number of hydrogen-bond acceptors (Lipinski definition) is 3. The van der Waals surface area contributed by atoms with E-state index >= 15 is 0 Å². The molecule has 2 aromatic rings. The van der Waals surface area contributed by atoms with E-state index in [0.717, 1.165) is 0 Å². The Bertz CT molecular complexity index is 702. The maximum absolute atomic E-state index is 12.1. The fraction of sp³-hybridized carbons (Fsp3) is 0.176. The van der Waals surface area contributed by atoms with Crippen molar-refractivity contribution in [2.45, 2.75) is 20.8 Å². The van der Waals surface area contributed by atoms with Gasteiger partial charge < -0.3 is 4.74 Å². The quantitative estimate of drug-likeness (QED) is 0.640. The Labute approximate surface area is 123 Å². The van der Waals surface area contributed by atoms with Crippen LogP contribution in [0.3, 0.4) is 0 Å². The third-order valence-corrected chi connectivity index (χ3v) is 3.45. The topological polar surface area (TPSA) is 63.3 Å². The predicted molar refractivity (Wildman–Crippen MR) is 77.1 cm³/mol. The lowest BCUT2D eigenvalue weighted by molar-refractivity contribution is 0.0572. The molecule has 0 aliphatic heterocycles. The number of benzene rings is 2. The van der Waals surface area contributed by atoms with Crippen LogP contribution in [-0.4, -0.2) is 11.9 Å². The van der Waals surface area contributed by atoms with Crippen LogP contribution in [0.5, 0.6) is 5.75 Å². The Morgan fingerprint density at radius 1 is 0.952 bits per heavy atom. The minimum absolute atomic E-state index is 0.115. The van der Waals surface area contributed by atoms with E-state index in [-0.39, 0.29) is 5.56 Å². The molecule has 1 radical (unpaired) electrons. The van der Waals surface area contributed by atoms with E-state index in [2.05, 4.69) is 0 Å². The van der Waals surface area contributed by atoms with Gasteiger partial charge in [0.1, 0.15) is 5.75 Å². The Morgan fingerprint density at radius 3 is 2.14 bits per heavy atom. The van der Waals surface area contributed by atoms with Crippen molar-refractivity contribution in [3.8, 4) is 5.75 Å². The number of rotatable bonds is 3. The Hall–Kier alpha value is -2.62. The van der Waals surface area contributed by atoms with Crippen molar-refractivity contribution in [3.63, 3.8) is 0 Å². The van der Waals surface area contributed by atoms with Gasteiger partial charge in [0, 0.05) is 0 Å².